The van der Waals surface area contributed by atoms with E-state index in [9.17, 15) is 5.11 Å². The van der Waals surface area contributed by atoms with Gasteiger partial charge in [-0.3, -0.25) is 0 Å². The van der Waals surface area contributed by atoms with Gasteiger partial charge in [0.2, 0.25) is 0 Å². The molecule has 0 spiro atoms. The molecule has 0 aromatic heterocycles. The lowest BCUT2D eigenvalue weighted by Crippen LogP contribution is -2.33. The van der Waals surface area contributed by atoms with Crippen molar-refractivity contribution in [3.05, 3.63) is 12.2 Å². The second-order valence-corrected chi connectivity index (χ2v) is 10.2. The summed E-state index contributed by atoms with van der Waals surface area (Å²) in [6.07, 6.45) is 27.1. The predicted molar refractivity (Wildman–Crippen MR) is 152 cm³/mol. The van der Waals surface area contributed by atoms with Gasteiger partial charge < -0.3 is 25.1 Å². The first-order chi connectivity index (χ1) is 17.3. The molecule has 0 saturated carbocycles. The minimum Gasteiger partial charge on any atom is -0.396 e. The first-order valence-corrected chi connectivity index (χ1v) is 15.2. The van der Waals surface area contributed by atoms with E-state index in [-0.39, 0.29) is 19.8 Å². The molecule has 0 aromatic rings. The summed E-state index contributed by atoms with van der Waals surface area (Å²) < 4.78 is 0. The van der Waals surface area contributed by atoms with Crippen molar-refractivity contribution in [1.29, 1.82) is 0 Å². The quantitative estimate of drug-likeness (QED) is 0.0850. The maximum atomic E-state index is 9.25. The van der Waals surface area contributed by atoms with Crippen LogP contribution in [0.2, 0.25) is 0 Å². The van der Waals surface area contributed by atoms with E-state index >= 15 is 0 Å². The van der Waals surface area contributed by atoms with Crippen LogP contribution in [0.4, 0.5) is 0 Å². The molecule has 35 heavy (non-hydrogen) atoms. The van der Waals surface area contributed by atoms with E-state index in [0.717, 1.165) is 65.0 Å². The molecule has 5 nitrogen and oxygen atoms in total. The summed E-state index contributed by atoms with van der Waals surface area (Å²) in [5.74, 6) is 0. The summed E-state index contributed by atoms with van der Waals surface area (Å²) >= 11 is 0. The third kappa shape index (κ3) is 26.4. The van der Waals surface area contributed by atoms with Gasteiger partial charge in [0.1, 0.15) is 0 Å². The summed E-state index contributed by atoms with van der Waals surface area (Å²) in [6, 6.07) is 0. The van der Waals surface area contributed by atoms with Gasteiger partial charge in [-0.25, -0.2) is 0 Å². The Labute approximate surface area is 219 Å². The van der Waals surface area contributed by atoms with Crippen LogP contribution in [0.25, 0.3) is 0 Å². The fourth-order valence-electron chi connectivity index (χ4n) is 4.65. The molecular formula is C30H62N2O3. The Morgan fingerprint density at radius 3 is 1.17 bits per heavy atom. The lowest BCUT2D eigenvalue weighted by Gasteiger charge is -2.25. The van der Waals surface area contributed by atoms with Crippen molar-refractivity contribution in [2.24, 2.45) is 0 Å². The molecule has 0 rings (SSSR count). The van der Waals surface area contributed by atoms with Gasteiger partial charge in [-0.1, -0.05) is 76.9 Å². The van der Waals surface area contributed by atoms with Crippen LogP contribution >= 0.6 is 0 Å². The number of aliphatic hydroxyl groups excluding tert-OH is 3. The number of allylic oxidation sites excluding steroid dienone is 2. The standard InChI is InChI=1S/C30H62N2O3/c1-2-3-4-5-6-7-8-9-10-11-12-13-14-15-16-17-22-31(25-19-28-33)23-18-24-32(26-20-29-34)27-21-30-35/h9-10,33-35H,2-8,11-30H2,1H3. The Bertz CT molecular complexity index is 412. The molecular weight excluding hydrogens is 436 g/mol. The van der Waals surface area contributed by atoms with Gasteiger partial charge in [0.15, 0.2) is 0 Å². The number of rotatable bonds is 29. The minimum atomic E-state index is 0.230. The van der Waals surface area contributed by atoms with E-state index in [0.29, 0.717) is 0 Å². The van der Waals surface area contributed by atoms with Crippen LogP contribution in [-0.2, 0) is 0 Å². The van der Waals surface area contributed by atoms with Crippen LogP contribution in [0, 0.1) is 0 Å². The average molecular weight is 499 g/mol. The van der Waals surface area contributed by atoms with Crippen LogP contribution in [0.5, 0.6) is 0 Å². The Hall–Kier alpha value is -0.460. The molecule has 0 aromatic carbocycles. The summed E-state index contributed by atoms with van der Waals surface area (Å²) in [5.41, 5.74) is 0. The van der Waals surface area contributed by atoms with Crippen molar-refractivity contribution in [1.82, 2.24) is 9.80 Å². The average Bonchev–Trinajstić information content (AvgIpc) is 2.87. The molecule has 0 saturated heterocycles. The van der Waals surface area contributed by atoms with Gasteiger partial charge in [-0.05, 0) is 77.4 Å². The molecule has 0 fully saturated rings. The molecule has 0 aliphatic heterocycles. The normalized spacial score (nSPS) is 12.1. The van der Waals surface area contributed by atoms with Crippen molar-refractivity contribution >= 4 is 0 Å². The summed E-state index contributed by atoms with van der Waals surface area (Å²) in [6.45, 7) is 9.02. The first kappa shape index (κ1) is 34.5. The largest absolute Gasteiger partial charge is 0.396 e. The number of nitrogens with zero attached hydrogens (tertiary/aromatic N) is 2. The topological polar surface area (TPSA) is 67.2 Å². The molecule has 0 aliphatic rings. The number of hydrogen-bond acceptors (Lipinski definition) is 5. The van der Waals surface area contributed by atoms with E-state index in [1.807, 2.05) is 0 Å². The highest BCUT2D eigenvalue weighted by Gasteiger charge is 2.08. The summed E-state index contributed by atoms with van der Waals surface area (Å²) in [4.78, 5) is 4.88. The van der Waals surface area contributed by atoms with Gasteiger partial charge in [0, 0.05) is 39.5 Å². The van der Waals surface area contributed by atoms with Gasteiger partial charge in [-0.2, -0.15) is 0 Å². The van der Waals surface area contributed by atoms with E-state index < -0.39 is 0 Å². The number of hydrogen-bond donors (Lipinski definition) is 3. The molecule has 0 aliphatic carbocycles. The van der Waals surface area contributed by atoms with Crippen molar-refractivity contribution < 1.29 is 15.3 Å². The van der Waals surface area contributed by atoms with Crippen molar-refractivity contribution in [2.45, 2.75) is 122 Å². The van der Waals surface area contributed by atoms with E-state index in [1.165, 1.54) is 89.9 Å². The fraction of sp³-hybridized carbons (Fsp3) is 0.933. The Morgan fingerprint density at radius 2 is 0.743 bits per heavy atom. The highest BCUT2D eigenvalue weighted by molar-refractivity contribution is 4.81. The van der Waals surface area contributed by atoms with Crippen molar-refractivity contribution in [3.8, 4) is 0 Å². The first-order valence-electron chi connectivity index (χ1n) is 15.2. The van der Waals surface area contributed by atoms with Gasteiger partial charge in [0.25, 0.3) is 0 Å². The second kappa shape index (κ2) is 29.8. The summed E-state index contributed by atoms with van der Waals surface area (Å²) in [5, 5.41) is 27.5. The lowest BCUT2D eigenvalue weighted by atomic mass is 10.1. The highest BCUT2D eigenvalue weighted by Crippen LogP contribution is 2.11. The highest BCUT2D eigenvalue weighted by atomic mass is 16.3. The van der Waals surface area contributed by atoms with E-state index in [2.05, 4.69) is 28.9 Å². The Balaban J connectivity index is 3.76. The SMILES string of the molecule is CCCCCCCCC=CCCCCCCCCN(CCCO)CCCN(CCCO)CCCO. The van der Waals surface area contributed by atoms with Crippen molar-refractivity contribution in [2.75, 3.05) is 59.1 Å². The predicted octanol–water partition coefficient (Wildman–Crippen LogP) is 6.17. The molecule has 0 unspecified atom stereocenters. The Kier molecular flexibility index (Phi) is 29.4. The molecule has 5 heteroatoms. The zero-order chi connectivity index (χ0) is 25.7. The third-order valence-electron chi connectivity index (χ3n) is 6.83. The Morgan fingerprint density at radius 1 is 0.400 bits per heavy atom. The van der Waals surface area contributed by atoms with Crippen LogP contribution < -0.4 is 0 Å². The van der Waals surface area contributed by atoms with E-state index in [4.69, 9.17) is 10.2 Å². The maximum absolute atomic E-state index is 9.25. The minimum absolute atomic E-state index is 0.230. The molecule has 3 N–H and O–H groups in total. The zero-order valence-electron chi connectivity index (χ0n) is 23.5. The third-order valence-corrected chi connectivity index (χ3v) is 6.83. The second-order valence-electron chi connectivity index (χ2n) is 10.2. The van der Waals surface area contributed by atoms with Crippen LogP contribution in [-0.4, -0.2) is 84.2 Å². The molecule has 210 valence electrons. The van der Waals surface area contributed by atoms with Gasteiger partial charge >= 0.3 is 0 Å². The fourth-order valence-corrected chi connectivity index (χ4v) is 4.65. The summed E-state index contributed by atoms with van der Waals surface area (Å²) in [7, 11) is 0. The van der Waals surface area contributed by atoms with E-state index in [1.54, 1.807) is 0 Å². The number of unbranched alkanes of at least 4 members (excludes halogenated alkanes) is 12. The van der Waals surface area contributed by atoms with Crippen molar-refractivity contribution in [3.63, 3.8) is 0 Å². The molecule has 0 radical (unpaired) electrons. The molecule has 0 bridgehead atoms. The number of aliphatic hydroxyl groups is 3. The molecule has 0 atom stereocenters. The molecule has 0 amide bonds. The van der Waals surface area contributed by atoms with Gasteiger partial charge in [-0.15, -0.1) is 0 Å². The van der Waals surface area contributed by atoms with Crippen LogP contribution in [0.3, 0.4) is 0 Å². The lowest BCUT2D eigenvalue weighted by molar-refractivity contribution is 0.182. The maximum Gasteiger partial charge on any atom is 0.0443 e. The van der Waals surface area contributed by atoms with Crippen LogP contribution in [0.1, 0.15) is 122 Å². The monoisotopic (exact) mass is 498 g/mol. The molecule has 0 heterocycles. The zero-order valence-corrected chi connectivity index (χ0v) is 23.5. The van der Waals surface area contributed by atoms with Crippen LogP contribution in [0.15, 0.2) is 12.2 Å². The van der Waals surface area contributed by atoms with Gasteiger partial charge in [0.05, 0.1) is 0 Å². The smallest absolute Gasteiger partial charge is 0.0443 e.